The maximum Gasteiger partial charge on any atom is 0.328 e. The van der Waals surface area contributed by atoms with Gasteiger partial charge in [0.1, 0.15) is 18.1 Å². The molecule has 0 spiro atoms. The number of carbonyl (C=O) groups is 4. The van der Waals surface area contributed by atoms with Gasteiger partial charge in [-0.15, -0.1) is 0 Å². The molecule has 0 aromatic carbocycles. The monoisotopic (exact) mass is 406 g/mol. The molecule has 0 radical (unpaired) electrons. The fraction of sp³-hybridized carbons (Fsp3) is 0.733. The highest BCUT2D eigenvalue weighted by molar-refractivity contribution is 7.80. The average Bonchev–Trinajstić information content (AvgIpc) is 3.15. The van der Waals surface area contributed by atoms with E-state index in [2.05, 4.69) is 28.6 Å². The van der Waals surface area contributed by atoms with Crippen LogP contribution in [0.3, 0.4) is 0 Å². The molecular formula is C15H26N4O7S. The highest BCUT2D eigenvalue weighted by atomic mass is 32.1. The molecule has 27 heavy (non-hydrogen) atoms. The van der Waals surface area contributed by atoms with Gasteiger partial charge in [-0.05, 0) is 26.3 Å². The van der Waals surface area contributed by atoms with Crippen LogP contribution in [0.25, 0.3) is 0 Å². The van der Waals surface area contributed by atoms with Crippen LogP contribution in [0.2, 0.25) is 0 Å². The van der Waals surface area contributed by atoms with E-state index in [1.807, 2.05) is 5.32 Å². The minimum atomic E-state index is -1.58. The Labute approximate surface area is 161 Å². The Morgan fingerprint density at radius 1 is 1.15 bits per heavy atom. The number of hydrogen-bond donors (Lipinski definition) is 8. The molecule has 1 saturated heterocycles. The number of carboxylic acids is 1. The SMILES string of the molecule is CC(O)C(NC(=O)C(CS)NC(=O)C1CCCN1)C(=O)NC(CO)C(=O)O. The van der Waals surface area contributed by atoms with Gasteiger partial charge in [0.05, 0.1) is 18.8 Å². The molecule has 5 atom stereocenters. The Hall–Kier alpha value is -1.89. The zero-order valence-electron chi connectivity index (χ0n) is 14.8. The minimum absolute atomic E-state index is 0.0488. The summed E-state index contributed by atoms with van der Waals surface area (Å²) in [5.41, 5.74) is 0. The lowest BCUT2D eigenvalue weighted by Crippen LogP contribution is -2.60. The standard InChI is InChI=1S/C15H26N4O7S/c1-7(21)11(14(24)17-9(5-20)15(25)26)19-13(23)10(6-27)18-12(22)8-3-2-4-16-8/h7-11,16,20-21,27H,2-6H2,1H3,(H,17,24)(H,18,22)(H,19,23)(H,25,26). The summed E-state index contributed by atoms with van der Waals surface area (Å²) in [5.74, 6) is -3.63. The van der Waals surface area contributed by atoms with Gasteiger partial charge in [0.2, 0.25) is 17.7 Å². The minimum Gasteiger partial charge on any atom is -0.480 e. The molecule has 1 aliphatic heterocycles. The Morgan fingerprint density at radius 3 is 2.26 bits per heavy atom. The highest BCUT2D eigenvalue weighted by Gasteiger charge is 2.32. The molecule has 5 unspecified atom stereocenters. The molecule has 154 valence electrons. The maximum atomic E-state index is 12.4. The summed E-state index contributed by atoms with van der Waals surface area (Å²) in [7, 11) is 0. The van der Waals surface area contributed by atoms with E-state index >= 15 is 0 Å². The molecule has 11 nitrogen and oxygen atoms in total. The van der Waals surface area contributed by atoms with Crippen molar-refractivity contribution in [3.8, 4) is 0 Å². The summed E-state index contributed by atoms with van der Waals surface area (Å²) in [6, 6.07) is -4.51. The van der Waals surface area contributed by atoms with Crippen LogP contribution in [-0.4, -0.2) is 88.2 Å². The number of rotatable bonds is 10. The predicted octanol–water partition coefficient (Wildman–Crippen LogP) is -3.42. The Kier molecular flexibility index (Phi) is 9.49. The van der Waals surface area contributed by atoms with Crippen molar-refractivity contribution >= 4 is 36.3 Å². The van der Waals surface area contributed by atoms with E-state index < -0.39 is 54.7 Å². The van der Waals surface area contributed by atoms with Gasteiger partial charge in [-0.1, -0.05) is 0 Å². The summed E-state index contributed by atoms with van der Waals surface area (Å²) >= 11 is 4.03. The quantitative estimate of drug-likeness (QED) is 0.173. The number of aliphatic carboxylic acids is 1. The van der Waals surface area contributed by atoms with Crippen molar-refractivity contribution in [1.29, 1.82) is 0 Å². The number of thiol groups is 1. The zero-order valence-corrected chi connectivity index (χ0v) is 15.7. The number of carboxylic acid groups (broad SMARTS) is 1. The third kappa shape index (κ3) is 6.97. The lowest BCUT2D eigenvalue weighted by molar-refractivity contribution is -0.144. The normalized spacial score (nSPS) is 20.8. The van der Waals surface area contributed by atoms with Crippen molar-refractivity contribution in [2.45, 2.75) is 50.0 Å². The fourth-order valence-corrected chi connectivity index (χ4v) is 2.74. The van der Waals surface area contributed by atoms with E-state index in [-0.39, 0.29) is 11.7 Å². The van der Waals surface area contributed by atoms with Crippen molar-refractivity contribution in [3.63, 3.8) is 0 Å². The number of nitrogens with one attached hydrogen (secondary N) is 4. The smallest absolute Gasteiger partial charge is 0.328 e. The van der Waals surface area contributed by atoms with E-state index in [9.17, 15) is 24.3 Å². The lowest BCUT2D eigenvalue weighted by atomic mass is 10.1. The van der Waals surface area contributed by atoms with Crippen LogP contribution in [0.5, 0.6) is 0 Å². The van der Waals surface area contributed by atoms with Gasteiger partial charge >= 0.3 is 5.97 Å². The first-order chi connectivity index (χ1) is 12.7. The highest BCUT2D eigenvalue weighted by Crippen LogP contribution is 2.05. The van der Waals surface area contributed by atoms with Crippen molar-refractivity contribution in [1.82, 2.24) is 21.3 Å². The van der Waals surface area contributed by atoms with Crippen LogP contribution in [0.4, 0.5) is 0 Å². The summed E-state index contributed by atoms with van der Waals surface area (Å²) in [6.45, 7) is 1.08. The van der Waals surface area contributed by atoms with Crippen LogP contribution < -0.4 is 21.3 Å². The maximum absolute atomic E-state index is 12.4. The molecule has 0 aromatic rings. The third-order valence-corrected chi connectivity index (χ3v) is 4.42. The topological polar surface area (TPSA) is 177 Å². The summed E-state index contributed by atoms with van der Waals surface area (Å²) < 4.78 is 0. The van der Waals surface area contributed by atoms with Gasteiger partial charge in [0.25, 0.3) is 0 Å². The van der Waals surface area contributed by atoms with Crippen molar-refractivity contribution in [2.75, 3.05) is 18.9 Å². The van der Waals surface area contributed by atoms with E-state index in [0.717, 1.165) is 6.42 Å². The molecule has 3 amide bonds. The van der Waals surface area contributed by atoms with Crippen molar-refractivity contribution in [2.24, 2.45) is 0 Å². The van der Waals surface area contributed by atoms with Crippen LogP contribution in [-0.2, 0) is 19.2 Å². The van der Waals surface area contributed by atoms with Crippen LogP contribution >= 0.6 is 12.6 Å². The summed E-state index contributed by atoms with van der Waals surface area (Å²) in [6.07, 6.45) is 0.133. The molecule has 12 heteroatoms. The molecule has 1 heterocycles. The predicted molar refractivity (Wildman–Crippen MR) is 97.1 cm³/mol. The molecule has 0 aromatic heterocycles. The molecule has 0 aliphatic carbocycles. The Bertz CT molecular complexity index is 554. The lowest BCUT2D eigenvalue weighted by Gasteiger charge is -2.25. The molecule has 1 aliphatic rings. The molecule has 7 N–H and O–H groups in total. The van der Waals surface area contributed by atoms with E-state index in [0.29, 0.717) is 13.0 Å². The van der Waals surface area contributed by atoms with Gasteiger partial charge in [0, 0.05) is 5.75 Å². The fourth-order valence-electron chi connectivity index (χ4n) is 2.48. The summed E-state index contributed by atoms with van der Waals surface area (Å²) in [5, 5.41) is 37.4. The van der Waals surface area contributed by atoms with Gasteiger partial charge in [0.15, 0.2) is 0 Å². The number of aliphatic hydroxyl groups is 2. The van der Waals surface area contributed by atoms with Gasteiger partial charge in [-0.25, -0.2) is 4.79 Å². The van der Waals surface area contributed by atoms with Gasteiger partial charge in [-0.2, -0.15) is 12.6 Å². The molecular weight excluding hydrogens is 380 g/mol. The number of amides is 3. The number of aliphatic hydroxyl groups excluding tert-OH is 2. The first-order valence-electron chi connectivity index (χ1n) is 8.48. The van der Waals surface area contributed by atoms with Crippen LogP contribution in [0.15, 0.2) is 0 Å². The number of carbonyl (C=O) groups excluding carboxylic acids is 3. The first-order valence-corrected chi connectivity index (χ1v) is 9.11. The van der Waals surface area contributed by atoms with Gasteiger partial charge < -0.3 is 36.6 Å². The molecule has 1 fully saturated rings. The number of hydrogen-bond acceptors (Lipinski definition) is 8. The van der Waals surface area contributed by atoms with E-state index in [1.165, 1.54) is 6.92 Å². The van der Waals surface area contributed by atoms with Gasteiger partial charge in [-0.3, -0.25) is 14.4 Å². The second-order valence-electron chi connectivity index (χ2n) is 6.20. The molecule has 0 bridgehead atoms. The average molecular weight is 406 g/mol. The van der Waals surface area contributed by atoms with Crippen molar-refractivity contribution < 1.29 is 34.5 Å². The Morgan fingerprint density at radius 2 is 1.81 bits per heavy atom. The second-order valence-corrected chi connectivity index (χ2v) is 6.57. The van der Waals surface area contributed by atoms with Crippen LogP contribution in [0, 0.1) is 0 Å². The molecule has 0 saturated carbocycles. The second kappa shape index (κ2) is 11.1. The molecule has 1 rings (SSSR count). The van der Waals surface area contributed by atoms with E-state index in [1.54, 1.807) is 0 Å². The van der Waals surface area contributed by atoms with Crippen LogP contribution in [0.1, 0.15) is 19.8 Å². The Balaban J connectivity index is 2.72. The third-order valence-electron chi connectivity index (χ3n) is 4.05. The summed E-state index contributed by atoms with van der Waals surface area (Å²) in [4.78, 5) is 47.6. The zero-order chi connectivity index (χ0) is 20.6. The first kappa shape index (κ1) is 23.1. The van der Waals surface area contributed by atoms with E-state index in [4.69, 9.17) is 10.2 Å². The largest absolute Gasteiger partial charge is 0.480 e. The van der Waals surface area contributed by atoms with Crippen molar-refractivity contribution in [3.05, 3.63) is 0 Å².